The SMILES string of the molecule is O=c1nc(-c2ccccc2)nc2ccc(C3c4ccccc4-c4cc(-c5ccc6c(c5)c5ccccc5n6-c5ccccc5)ccc43)cn12. The minimum absolute atomic E-state index is 0.0170. The third-order valence-corrected chi connectivity index (χ3v) is 9.89. The number of nitrogens with zero attached hydrogens (tertiary/aromatic N) is 4. The molecule has 0 aliphatic heterocycles. The number of hydrogen-bond donors (Lipinski definition) is 0. The maximum absolute atomic E-state index is 13.3. The molecule has 3 heterocycles. The Kier molecular flexibility index (Phi) is 6.02. The number of aromatic nitrogens is 4. The second kappa shape index (κ2) is 10.7. The molecule has 0 saturated carbocycles. The monoisotopic (exact) mass is 628 g/mol. The van der Waals surface area contributed by atoms with Crippen molar-refractivity contribution in [3.8, 4) is 39.3 Å². The first-order valence-corrected chi connectivity index (χ1v) is 16.5. The lowest BCUT2D eigenvalue weighted by Gasteiger charge is -2.16. The van der Waals surface area contributed by atoms with Crippen molar-refractivity contribution in [1.29, 1.82) is 0 Å². The van der Waals surface area contributed by atoms with Crippen LogP contribution in [0.3, 0.4) is 0 Å². The largest absolute Gasteiger partial charge is 0.355 e. The van der Waals surface area contributed by atoms with Crippen molar-refractivity contribution >= 4 is 27.5 Å². The zero-order valence-electron chi connectivity index (χ0n) is 26.4. The summed E-state index contributed by atoms with van der Waals surface area (Å²) < 4.78 is 3.91. The molecule has 0 radical (unpaired) electrons. The van der Waals surface area contributed by atoms with E-state index in [1.54, 1.807) is 4.40 Å². The minimum Gasteiger partial charge on any atom is -0.309 e. The summed E-state index contributed by atoms with van der Waals surface area (Å²) in [4.78, 5) is 22.3. The molecule has 5 nitrogen and oxygen atoms in total. The van der Waals surface area contributed by atoms with Gasteiger partial charge in [0.05, 0.1) is 11.0 Å². The van der Waals surface area contributed by atoms with E-state index in [0.29, 0.717) is 11.5 Å². The minimum atomic E-state index is -0.337. The van der Waals surface area contributed by atoms with Gasteiger partial charge in [0, 0.05) is 34.1 Å². The Morgan fingerprint density at radius 2 is 1.20 bits per heavy atom. The van der Waals surface area contributed by atoms with Crippen molar-refractivity contribution < 1.29 is 0 Å². The Hall–Kier alpha value is -6.59. The molecule has 0 amide bonds. The second-order valence-corrected chi connectivity index (χ2v) is 12.6. The van der Waals surface area contributed by atoms with E-state index in [4.69, 9.17) is 4.98 Å². The van der Waals surface area contributed by atoms with Gasteiger partial charge in [0.1, 0.15) is 5.65 Å². The summed E-state index contributed by atoms with van der Waals surface area (Å²) in [6, 6.07) is 55.1. The molecule has 3 aromatic heterocycles. The van der Waals surface area contributed by atoms with Gasteiger partial charge in [-0.15, -0.1) is 0 Å². The third kappa shape index (κ3) is 4.29. The van der Waals surface area contributed by atoms with Gasteiger partial charge in [-0.2, -0.15) is 4.98 Å². The molecule has 10 rings (SSSR count). The maximum atomic E-state index is 13.3. The van der Waals surface area contributed by atoms with Gasteiger partial charge >= 0.3 is 5.69 Å². The molecule has 1 aliphatic rings. The molecule has 9 aromatic rings. The summed E-state index contributed by atoms with van der Waals surface area (Å²) in [6.45, 7) is 0. The van der Waals surface area contributed by atoms with Gasteiger partial charge in [0.25, 0.3) is 0 Å². The third-order valence-electron chi connectivity index (χ3n) is 9.89. The molecule has 5 heteroatoms. The molecule has 0 saturated heterocycles. The molecular weight excluding hydrogens is 601 g/mol. The van der Waals surface area contributed by atoms with Crippen molar-refractivity contribution in [1.82, 2.24) is 18.9 Å². The molecule has 49 heavy (non-hydrogen) atoms. The summed E-state index contributed by atoms with van der Waals surface area (Å²) >= 11 is 0. The van der Waals surface area contributed by atoms with Crippen molar-refractivity contribution in [2.75, 3.05) is 0 Å². The van der Waals surface area contributed by atoms with Crippen LogP contribution in [-0.4, -0.2) is 18.9 Å². The van der Waals surface area contributed by atoms with Crippen LogP contribution < -0.4 is 5.69 Å². The van der Waals surface area contributed by atoms with Crippen LogP contribution in [0.5, 0.6) is 0 Å². The van der Waals surface area contributed by atoms with Crippen LogP contribution in [0, 0.1) is 0 Å². The van der Waals surface area contributed by atoms with Crippen LogP contribution >= 0.6 is 0 Å². The Labute approximate surface area is 282 Å². The Morgan fingerprint density at radius 3 is 2.08 bits per heavy atom. The van der Waals surface area contributed by atoms with Gasteiger partial charge in [-0.05, 0) is 81.4 Å². The highest BCUT2D eigenvalue weighted by atomic mass is 16.1. The van der Waals surface area contributed by atoms with Gasteiger partial charge in [-0.3, -0.25) is 4.40 Å². The van der Waals surface area contributed by atoms with E-state index in [1.807, 2.05) is 42.6 Å². The van der Waals surface area contributed by atoms with Crippen LogP contribution in [0.25, 0.3) is 66.8 Å². The fourth-order valence-corrected chi connectivity index (χ4v) is 7.67. The highest BCUT2D eigenvalue weighted by Crippen LogP contribution is 2.49. The highest BCUT2D eigenvalue weighted by Gasteiger charge is 2.30. The topological polar surface area (TPSA) is 52.2 Å². The van der Waals surface area contributed by atoms with E-state index in [-0.39, 0.29) is 11.6 Å². The second-order valence-electron chi connectivity index (χ2n) is 12.6. The van der Waals surface area contributed by atoms with E-state index >= 15 is 0 Å². The number of benzene rings is 6. The molecule has 0 spiro atoms. The van der Waals surface area contributed by atoms with Gasteiger partial charge in [-0.25, -0.2) is 9.78 Å². The van der Waals surface area contributed by atoms with Crippen molar-refractivity contribution in [2.45, 2.75) is 5.92 Å². The summed E-state index contributed by atoms with van der Waals surface area (Å²) in [5, 5.41) is 2.47. The summed E-state index contributed by atoms with van der Waals surface area (Å²) in [6.07, 6.45) is 1.91. The van der Waals surface area contributed by atoms with E-state index < -0.39 is 0 Å². The molecular formula is C44H28N4O. The fourth-order valence-electron chi connectivity index (χ4n) is 7.67. The van der Waals surface area contributed by atoms with Crippen molar-refractivity contribution in [2.24, 2.45) is 0 Å². The van der Waals surface area contributed by atoms with E-state index in [1.165, 1.54) is 55.2 Å². The van der Waals surface area contributed by atoms with Crippen molar-refractivity contribution in [3.63, 3.8) is 0 Å². The zero-order chi connectivity index (χ0) is 32.5. The molecule has 6 aromatic carbocycles. The van der Waals surface area contributed by atoms with Crippen LogP contribution in [0.2, 0.25) is 0 Å². The van der Waals surface area contributed by atoms with E-state index in [9.17, 15) is 4.79 Å². The first-order valence-electron chi connectivity index (χ1n) is 16.5. The fraction of sp³-hybridized carbons (Fsp3) is 0.0227. The normalized spacial score (nSPS) is 13.6. The number of para-hydroxylation sites is 2. The predicted molar refractivity (Wildman–Crippen MR) is 197 cm³/mol. The highest BCUT2D eigenvalue weighted by molar-refractivity contribution is 6.10. The average molecular weight is 629 g/mol. The molecule has 1 unspecified atom stereocenters. The lowest BCUT2D eigenvalue weighted by Crippen LogP contribution is -2.20. The maximum Gasteiger partial charge on any atom is 0.355 e. The molecule has 0 N–H and O–H groups in total. The quantitative estimate of drug-likeness (QED) is 0.195. The summed E-state index contributed by atoms with van der Waals surface area (Å²) in [7, 11) is 0. The first-order chi connectivity index (χ1) is 24.2. The molecule has 0 fully saturated rings. The lowest BCUT2D eigenvalue weighted by molar-refractivity contribution is 0.911. The summed E-state index contributed by atoms with van der Waals surface area (Å²) in [5.41, 5.74) is 12.9. The zero-order valence-corrected chi connectivity index (χ0v) is 26.4. The molecule has 0 bridgehead atoms. The number of fused-ring (bicyclic) bond motifs is 7. The standard InChI is InChI=1S/C44H28N4O/c49-44-46-43(28-11-3-1-4-12-28)45-41-24-21-31(27-47(41)44)42-35-17-8-7-15-33(35)37-25-29(19-22-36(37)42)30-20-23-40-38(26-30)34-16-9-10-18-39(34)48(40)32-13-5-2-6-14-32/h1-27,42H. The molecule has 1 aliphatic carbocycles. The predicted octanol–water partition coefficient (Wildman–Crippen LogP) is 9.68. The van der Waals surface area contributed by atoms with Gasteiger partial charge < -0.3 is 4.57 Å². The Morgan fingerprint density at radius 1 is 0.510 bits per heavy atom. The average Bonchev–Trinajstić information content (AvgIpc) is 3.67. The Balaban J connectivity index is 1.09. The number of hydrogen-bond acceptors (Lipinski definition) is 3. The van der Waals surface area contributed by atoms with Gasteiger partial charge in [0.2, 0.25) is 0 Å². The van der Waals surface area contributed by atoms with Crippen LogP contribution in [0.15, 0.2) is 169 Å². The summed E-state index contributed by atoms with van der Waals surface area (Å²) in [5.74, 6) is 0.418. The van der Waals surface area contributed by atoms with E-state index in [0.717, 1.165) is 16.8 Å². The van der Waals surface area contributed by atoms with Crippen LogP contribution in [0.1, 0.15) is 22.6 Å². The van der Waals surface area contributed by atoms with Crippen LogP contribution in [0.4, 0.5) is 0 Å². The first kappa shape index (κ1) is 27.5. The van der Waals surface area contributed by atoms with Gasteiger partial charge in [0.15, 0.2) is 5.82 Å². The van der Waals surface area contributed by atoms with Crippen molar-refractivity contribution in [3.05, 3.63) is 191 Å². The number of rotatable bonds is 4. The smallest absolute Gasteiger partial charge is 0.309 e. The molecule has 230 valence electrons. The van der Waals surface area contributed by atoms with Crippen LogP contribution in [-0.2, 0) is 0 Å². The Bertz CT molecular complexity index is 2800. The van der Waals surface area contributed by atoms with E-state index in [2.05, 4.69) is 131 Å². The number of pyridine rings is 1. The van der Waals surface area contributed by atoms with Gasteiger partial charge in [-0.1, -0.05) is 115 Å². The lowest BCUT2D eigenvalue weighted by atomic mass is 9.89. The molecule has 1 atom stereocenters.